The Morgan fingerprint density at radius 1 is 1.30 bits per heavy atom. The van der Waals surface area contributed by atoms with E-state index in [1.165, 1.54) is 0 Å². The molecule has 0 saturated carbocycles. The number of hydrogen-bond donors (Lipinski definition) is 0. The smallest absolute Gasteiger partial charge is 0.170 e. The van der Waals surface area contributed by atoms with Gasteiger partial charge in [0.25, 0.3) is 0 Å². The Morgan fingerprint density at radius 3 is 2.40 bits per heavy atom. The lowest BCUT2D eigenvalue weighted by molar-refractivity contribution is 0.0817. The fraction of sp³-hybridized carbons (Fsp3) is 0.471. The highest BCUT2D eigenvalue weighted by atomic mass is 16.5. The molecule has 1 aromatic carbocycles. The topological polar surface area (TPSA) is 35.5 Å². The van der Waals surface area contributed by atoms with Crippen molar-refractivity contribution in [2.45, 2.75) is 27.2 Å². The van der Waals surface area contributed by atoms with Crippen LogP contribution in [0, 0.1) is 11.3 Å². The highest BCUT2D eigenvalue weighted by molar-refractivity contribution is 6.01. The molecule has 0 N–H and O–H groups in total. The summed E-state index contributed by atoms with van der Waals surface area (Å²) < 4.78 is 10.5. The first-order chi connectivity index (χ1) is 9.35. The van der Waals surface area contributed by atoms with Gasteiger partial charge in [-0.05, 0) is 24.0 Å². The van der Waals surface area contributed by atoms with Crippen LogP contribution in [0.4, 0.5) is 0 Å². The Balaban J connectivity index is 3.21. The lowest BCUT2D eigenvalue weighted by atomic mass is 9.74. The Kier molecular flexibility index (Phi) is 5.37. The zero-order valence-corrected chi connectivity index (χ0v) is 13.0. The highest BCUT2D eigenvalue weighted by Crippen LogP contribution is 2.35. The number of hydrogen-bond acceptors (Lipinski definition) is 3. The van der Waals surface area contributed by atoms with Gasteiger partial charge in [-0.1, -0.05) is 26.8 Å². The van der Waals surface area contributed by atoms with E-state index in [4.69, 9.17) is 9.47 Å². The summed E-state index contributed by atoms with van der Waals surface area (Å²) in [6, 6.07) is 5.28. The van der Waals surface area contributed by atoms with E-state index in [2.05, 4.69) is 27.4 Å². The van der Waals surface area contributed by atoms with E-state index in [0.717, 1.165) is 0 Å². The van der Waals surface area contributed by atoms with Crippen LogP contribution in [0.3, 0.4) is 0 Å². The average molecular weight is 276 g/mol. The van der Waals surface area contributed by atoms with E-state index in [1.54, 1.807) is 38.5 Å². The summed E-state index contributed by atoms with van der Waals surface area (Å²) in [6.45, 7) is 9.95. The minimum atomic E-state index is -0.129. The zero-order chi connectivity index (χ0) is 15.3. The van der Waals surface area contributed by atoms with Crippen molar-refractivity contribution in [3.05, 3.63) is 36.4 Å². The van der Waals surface area contributed by atoms with Gasteiger partial charge in [0.15, 0.2) is 5.78 Å². The number of carbonyl (C=O) groups excluding carboxylic acids is 1. The molecule has 0 aromatic heterocycles. The van der Waals surface area contributed by atoms with Gasteiger partial charge in [0.2, 0.25) is 0 Å². The first-order valence-corrected chi connectivity index (χ1v) is 6.72. The highest BCUT2D eigenvalue weighted by Gasteiger charge is 2.32. The van der Waals surface area contributed by atoms with Crippen molar-refractivity contribution in [2.24, 2.45) is 11.3 Å². The van der Waals surface area contributed by atoms with Gasteiger partial charge in [0.1, 0.15) is 11.5 Å². The van der Waals surface area contributed by atoms with Crippen molar-refractivity contribution in [1.82, 2.24) is 0 Å². The third kappa shape index (κ3) is 3.62. The van der Waals surface area contributed by atoms with E-state index >= 15 is 0 Å². The number of allylic oxidation sites excluding steroid dienone is 1. The predicted octanol–water partition coefficient (Wildman–Crippen LogP) is 4.12. The molecule has 0 heterocycles. The van der Waals surface area contributed by atoms with E-state index in [-0.39, 0.29) is 17.1 Å². The molecule has 0 amide bonds. The van der Waals surface area contributed by atoms with Crippen molar-refractivity contribution < 1.29 is 14.3 Å². The van der Waals surface area contributed by atoms with E-state index in [1.807, 2.05) is 0 Å². The quantitative estimate of drug-likeness (QED) is 0.579. The van der Waals surface area contributed by atoms with E-state index < -0.39 is 0 Å². The summed E-state index contributed by atoms with van der Waals surface area (Å²) in [4.78, 5) is 12.8. The Hall–Kier alpha value is -1.77. The summed E-state index contributed by atoms with van der Waals surface area (Å²) >= 11 is 0. The second-order valence-corrected chi connectivity index (χ2v) is 5.87. The maximum absolute atomic E-state index is 12.8. The van der Waals surface area contributed by atoms with Gasteiger partial charge >= 0.3 is 0 Å². The number of rotatable bonds is 6. The van der Waals surface area contributed by atoms with Gasteiger partial charge in [-0.25, -0.2) is 0 Å². The lowest BCUT2D eigenvalue weighted by Crippen LogP contribution is -2.28. The summed E-state index contributed by atoms with van der Waals surface area (Å²) in [6.07, 6.45) is 2.45. The van der Waals surface area contributed by atoms with Gasteiger partial charge in [-0.15, -0.1) is 6.58 Å². The van der Waals surface area contributed by atoms with E-state index in [0.29, 0.717) is 23.5 Å². The van der Waals surface area contributed by atoms with Crippen LogP contribution < -0.4 is 9.47 Å². The molecule has 0 fully saturated rings. The fourth-order valence-corrected chi connectivity index (χ4v) is 2.21. The number of methoxy groups -OCH3 is 2. The first-order valence-electron chi connectivity index (χ1n) is 6.72. The van der Waals surface area contributed by atoms with E-state index in [9.17, 15) is 4.79 Å². The predicted molar refractivity (Wildman–Crippen MR) is 81.6 cm³/mol. The SMILES string of the molecule is C=CCC(C(=O)c1ccc(OC)cc1OC)C(C)(C)C. The summed E-state index contributed by atoms with van der Waals surface area (Å²) in [5.74, 6) is 1.18. The molecule has 1 atom stereocenters. The van der Waals surface area contributed by atoms with Crippen molar-refractivity contribution in [1.29, 1.82) is 0 Å². The minimum absolute atomic E-state index is 0.0805. The fourth-order valence-electron chi connectivity index (χ4n) is 2.21. The Bertz CT molecular complexity index is 483. The van der Waals surface area contributed by atoms with Gasteiger partial charge < -0.3 is 9.47 Å². The number of ether oxygens (including phenoxy) is 2. The lowest BCUT2D eigenvalue weighted by Gasteiger charge is -2.29. The van der Waals surface area contributed by atoms with Crippen molar-refractivity contribution in [2.75, 3.05) is 14.2 Å². The maximum atomic E-state index is 12.8. The third-order valence-corrected chi connectivity index (χ3v) is 3.44. The molecule has 20 heavy (non-hydrogen) atoms. The molecule has 1 unspecified atom stereocenters. The molecule has 0 bridgehead atoms. The first kappa shape index (κ1) is 16.3. The molecule has 1 rings (SSSR count). The second kappa shape index (κ2) is 6.60. The average Bonchev–Trinajstić information content (AvgIpc) is 2.42. The van der Waals surface area contributed by atoms with Crippen LogP contribution in [0.25, 0.3) is 0 Å². The Labute approximate surface area is 121 Å². The van der Waals surface area contributed by atoms with Crippen molar-refractivity contribution in [3.63, 3.8) is 0 Å². The molecule has 110 valence electrons. The molecule has 1 aromatic rings. The molecular weight excluding hydrogens is 252 g/mol. The molecule has 3 nitrogen and oxygen atoms in total. The van der Waals surface area contributed by atoms with Crippen LogP contribution in [0.1, 0.15) is 37.6 Å². The number of carbonyl (C=O) groups is 1. The number of Topliss-reactive ketones (excluding diaryl/α,β-unsaturated/α-hetero) is 1. The molecule has 0 saturated heterocycles. The monoisotopic (exact) mass is 276 g/mol. The largest absolute Gasteiger partial charge is 0.497 e. The molecule has 0 radical (unpaired) electrons. The van der Waals surface area contributed by atoms with Crippen LogP contribution in [0.15, 0.2) is 30.9 Å². The van der Waals surface area contributed by atoms with Crippen LogP contribution in [0.5, 0.6) is 11.5 Å². The maximum Gasteiger partial charge on any atom is 0.170 e. The van der Waals surface area contributed by atoms with Crippen LogP contribution >= 0.6 is 0 Å². The number of ketones is 1. The molecular formula is C17H24O3. The molecule has 0 spiro atoms. The van der Waals surface area contributed by atoms with Gasteiger partial charge in [-0.3, -0.25) is 4.79 Å². The second-order valence-electron chi connectivity index (χ2n) is 5.87. The van der Waals surface area contributed by atoms with Crippen LogP contribution in [0.2, 0.25) is 0 Å². The standard InChI is InChI=1S/C17H24O3/c1-7-8-14(17(2,3)4)16(18)13-10-9-12(19-5)11-15(13)20-6/h7,9-11,14H,1,8H2,2-6H3. The zero-order valence-electron chi connectivity index (χ0n) is 13.0. The van der Waals surface area contributed by atoms with Gasteiger partial charge in [0.05, 0.1) is 19.8 Å². The number of benzene rings is 1. The molecule has 0 aliphatic rings. The minimum Gasteiger partial charge on any atom is -0.497 e. The Morgan fingerprint density at radius 2 is 1.95 bits per heavy atom. The third-order valence-electron chi connectivity index (χ3n) is 3.44. The summed E-state index contributed by atoms with van der Waals surface area (Å²) in [5, 5.41) is 0. The van der Waals surface area contributed by atoms with Crippen molar-refractivity contribution in [3.8, 4) is 11.5 Å². The summed E-state index contributed by atoms with van der Waals surface area (Å²) in [7, 11) is 3.15. The van der Waals surface area contributed by atoms with Crippen molar-refractivity contribution >= 4 is 5.78 Å². The van der Waals surface area contributed by atoms with Crippen LogP contribution in [-0.2, 0) is 0 Å². The van der Waals surface area contributed by atoms with Gasteiger partial charge in [-0.2, -0.15) is 0 Å². The molecule has 0 aliphatic carbocycles. The van der Waals surface area contributed by atoms with Crippen LogP contribution in [-0.4, -0.2) is 20.0 Å². The van der Waals surface area contributed by atoms with Gasteiger partial charge in [0, 0.05) is 12.0 Å². The summed E-state index contributed by atoms with van der Waals surface area (Å²) in [5.41, 5.74) is 0.464. The normalized spacial score (nSPS) is 12.7. The molecule has 3 heteroatoms. The molecule has 0 aliphatic heterocycles.